The number of anilines is 4. The third kappa shape index (κ3) is 3.82. The maximum atomic E-state index is 11.0. The summed E-state index contributed by atoms with van der Waals surface area (Å²) in [6.07, 6.45) is 1.63. The Hall–Kier alpha value is -3.41. The average Bonchev–Trinajstić information content (AvgIpc) is 2.56. The molecule has 1 heterocycles. The van der Waals surface area contributed by atoms with Crippen LogP contribution in [-0.2, 0) is 0 Å². The molecule has 6 heteroatoms. The van der Waals surface area contributed by atoms with Gasteiger partial charge in [0, 0.05) is 17.6 Å². The fourth-order valence-electron chi connectivity index (χ4n) is 2.02. The van der Waals surface area contributed by atoms with Crippen LogP contribution in [0.2, 0.25) is 0 Å². The molecule has 3 rings (SSSR count). The van der Waals surface area contributed by atoms with Gasteiger partial charge in [-0.15, -0.1) is 0 Å². The Morgan fingerprint density at radius 3 is 2.48 bits per heavy atom. The van der Waals surface area contributed by atoms with Gasteiger partial charge in [0.25, 0.3) is 0 Å². The van der Waals surface area contributed by atoms with Crippen LogP contribution in [0.5, 0.6) is 0 Å². The highest BCUT2D eigenvalue weighted by Gasteiger charge is 2.05. The van der Waals surface area contributed by atoms with E-state index in [1.165, 1.54) is 12.1 Å². The van der Waals surface area contributed by atoms with Crippen LogP contribution in [0.3, 0.4) is 0 Å². The number of benzene rings is 2. The molecule has 0 spiro atoms. The summed E-state index contributed by atoms with van der Waals surface area (Å²) in [5, 5.41) is 15.2. The summed E-state index contributed by atoms with van der Waals surface area (Å²) in [6.45, 7) is 0. The second-order valence-corrected chi connectivity index (χ2v) is 4.77. The van der Waals surface area contributed by atoms with Gasteiger partial charge in [-0.3, -0.25) is 0 Å². The molecule has 0 atom stereocenters. The fraction of sp³-hybridized carbons (Fsp3) is 0. The van der Waals surface area contributed by atoms with Gasteiger partial charge in [0.2, 0.25) is 5.95 Å². The van der Waals surface area contributed by atoms with E-state index in [9.17, 15) is 4.79 Å². The number of nitrogens with zero attached hydrogens (tertiary/aromatic N) is 2. The fourth-order valence-corrected chi connectivity index (χ4v) is 2.02. The van der Waals surface area contributed by atoms with Gasteiger partial charge in [0.05, 0.1) is 5.56 Å². The molecule has 114 valence electrons. The van der Waals surface area contributed by atoms with E-state index in [-0.39, 0.29) is 5.56 Å². The van der Waals surface area contributed by atoms with E-state index in [0.29, 0.717) is 17.5 Å². The molecular weight excluding hydrogens is 292 g/mol. The summed E-state index contributed by atoms with van der Waals surface area (Å²) in [5.74, 6) is 0.0469. The van der Waals surface area contributed by atoms with Crippen molar-refractivity contribution in [2.45, 2.75) is 0 Å². The lowest BCUT2D eigenvalue weighted by Gasteiger charge is -2.08. The second kappa shape index (κ2) is 6.57. The molecule has 0 saturated carbocycles. The minimum Gasteiger partial charge on any atom is -0.478 e. The predicted octanol–water partition coefficient (Wildman–Crippen LogP) is 3.66. The Morgan fingerprint density at radius 1 is 0.913 bits per heavy atom. The van der Waals surface area contributed by atoms with Gasteiger partial charge in [0.1, 0.15) is 5.82 Å². The molecule has 0 bridgehead atoms. The van der Waals surface area contributed by atoms with Crippen molar-refractivity contribution < 1.29 is 9.90 Å². The van der Waals surface area contributed by atoms with E-state index in [1.807, 2.05) is 30.3 Å². The number of para-hydroxylation sites is 1. The third-order valence-electron chi connectivity index (χ3n) is 3.07. The summed E-state index contributed by atoms with van der Waals surface area (Å²) >= 11 is 0. The number of carboxylic acids is 1. The monoisotopic (exact) mass is 306 g/mol. The van der Waals surface area contributed by atoms with Crippen molar-refractivity contribution >= 4 is 29.1 Å². The first-order chi connectivity index (χ1) is 11.2. The molecule has 0 aliphatic heterocycles. The number of nitrogens with one attached hydrogen (secondary N) is 2. The Morgan fingerprint density at radius 2 is 1.70 bits per heavy atom. The van der Waals surface area contributed by atoms with Gasteiger partial charge in [-0.2, -0.15) is 4.98 Å². The summed E-state index contributed by atoms with van der Waals surface area (Å²) < 4.78 is 0. The number of rotatable bonds is 5. The zero-order valence-electron chi connectivity index (χ0n) is 12.1. The quantitative estimate of drug-likeness (QED) is 0.667. The smallest absolute Gasteiger partial charge is 0.335 e. The van der Waals surface area contributed by atoms with Crippen LogP contribution in [0, 0.1) is 0 Å². The van der Waals surface area contributed by atoms with Crippen molar-refractivity contribution in [3.8, 4) is 0 Å². The van der Waals surface area contributed by atoms with E-state index in [0.717, 1.165) is 5.69 Å². The number of hydrogen-bond donors (Lipinski definition) is 3. The van der Waals surface area contributed by atoms with E-state index < -0.39 is 5.97 Å². The van der Waals surface area contributed by atoms with Crippen molar-refractivity contribution in [1.29, 1.82) is 0 Å². The largest absolute Gasteiger partial charge is 0.478 e. The Balaban J connectivity index is 1.77. The highest BCUT2D eigenvalue weighted by atomic mass is 16.4. The lowest BCUT2D eigenvalue weighted by Crippen LogP contribution is -2.02. The SMILES string of the molecule is O=C(O)c1cccc(Nc2nccc(Nc3ccccc3)n2)c1. The molecular formula is C17H14N4O2. The summed E-state index contributed by atoms with van der Waals surface area (Å²) in [6, 6.07) is 17.9. The molecule has 0 radical (unpaired) electrons. The number of carboxylic acid groups (broad SMARTS) is 1. The van der Waals surface area contributed by atoms with Crippen LogP contribution in [-0.4, -0.2) is 21.0 Å². The van der Waals surface area contributed by atoms with Gasteiger partial charge in [-0.1, -0.05) is 24.3 Å². The molecule has 0 fully saturated rings. The molecule has 0 saturated heterocycles. The first kappa shape index (κ1) is 14.5. The van der Waals surface area contributed by atoms with Gasteiger partial charge in [0.15, 0.2) is 0 Å². The number of carbonyl (C=O) groups is 1. The van der Waals surface area contributed by atoms with Gasteiger partial charge in [-0.05, 0) is 36.4 Å². The van der Waals surface area contributed by atoms with Gasteiger partial charge >= 0.3 is 5.97 Å². The highest BCUT2D eigenvalue weighted by Crippen LogP contribution is 2.18. The van der Waals surface area contributed by atoms with Crippen molar-refractivity contribution in [1.82, 2.24) is 9.97 Å². The molecule has 1 aromatic heterocycles. The van der Waals surface area contributed by atoms with Crippen LogP contribution < -0.4 is 10.6 Å². The Bertz CT molecular complexity index is 822. The van der Waals surface area contributed by atoms with E-state index in [1.54, 1.807) is 24.4 Å². The lowest BCUT2D eigenvalue weighted by molar-refractivity contribution is 0.0697. The van der Waals surface area contributed by atoms with Crippen molar-refractivity contribution in [2.24, 2.45) is 0 Å². The first-order valence-corrected chi connectivity index (χ1v) is 6.96. The van der Waals surface area contributed by atoms with E-state index in [4.69, 9.17) is 5.11 Å². The lowest BCUT2D eigenvalue weighted by atomic mass is 10.2. The Kier molecular flexibility index (Phi) is 4.15. The highest BCUT2D eigenvalue weighted by molar-refractivity contribution is 5.89. The third-order valence-corrected chi connectivity index (χ3v) is 3.07. The van der Waals surface area contributed by atoms with E-state index >= 15 is 0 Å². The molecule has 0 amide bonds. The Labute approximate surface area is 132 Å². The molecule has 3 aromatic rings. The zero-order chi connectivity index (χ0) is 16.1. The standard InChI is InChI=1S/C17H14N4O2/c22-16(23)12-5-4-8-14(11-12)20-17-18-10-9-15(21-17)19-13-6-2-1-3-7-13/h1-11H,(H,22,23)(H2,18,19,20,21). The maximum Gasteiger partial charge on any atom is 0.335 e. The molecule has 23 heavy (non-hydrogen) atoms. The second-order valence-electron chi connectivity index (χ2n) is 4.77. The minimum absolute atomic E-state index is 0.202. The van der Waals surface area contributed by atoms with Crippen LogP contribution in [0.4, 0.5) is 23.1 Å². The topological polar surface area (TPSA) is 87.1 Å². The molecule has 3 N–H and O–H groups in total. The maximum absolute atomic E-state index is 11.0. The molecule has 0 aliphatic rings. The average molecular weight is 306 g/mol. The van der Waals surface area contributed by atoms with Crippen LogP contribution >= 0.6 is 0 Å². The molecule has 2 aromatic carbocycles. The number of aromatic carboxylic acids is 1. The van der Waals surface area contributed by atoms with Crippen molar-refractivity contribution in [2.75, 3.05) is 10.6 Å². The zero-order valence-corrected chi connectivity index (χ0v) is 12.1. The van der Waals surface area contributed by atoms with Crippen LogP contribution in [0.15, 0.2) is 66.9 Å². The summed E-state index contributed by atoms with van der Waals surface area (Å²) in [5.41, 5.74) is 1.74. The number of aromatic nitrogens is 2. The van der Waals surface area contributed by atoms with Crippen molar-refractivity contribution in [3.63, 3.8) is 0 Å². The molecule has 0 aliphatic carbocycles. The molecule has 0 unspecified atom stereocenters. The van der Waals surface area contributed by atoms with Gasteiger partial charge in [-0.25, -0.2) is 9.78 Å². The first-order valence-electron chi connectivity index (χ1n) is 6.96. The summed E-state index contributed by atoms with van der Waals surface area (Å²) in [4.78, 5) is 19.5. The van der Waals surface area contributed by atoms with E-state index in [2.05, 4.69) is 20.6 Å². The van der Waals surface area contributed by atoms with Crippen LogP contribution in [0.25, 0.3) is 0 Å². The molecule has 6 nitrogen and oxygen atoms in total. The normalized spacial score (nSPS) is 10.1. The summed E-state index contributed by atoms with van der Waals surface area (Å²) in [7, 11) is 0. The van der Waals surface area contributed by atoms with Crippen LogP contribution in [0.1, 0.15) is 10.4 Å². The number of hydrogen-bond acceptors (Lipinski definition) is 5. The van der Waals surface area contributed by atoms with Crippen molar-refractivity contribution in [3.05, 3.63) is 72.4 Å². The minimum atomic E-state index is -0.978. The predicted molar refractivity (Wildman–Crippen MR) is 88.4 cm³/mol. The van der Waals surface area contributed by atoms with Gasteiger partial charge < -0.3 is 15.7 Å².